The predicted octanol–water partition coefficient (Wildman–Crippen LogP) is 1.94. The van der Waals surface area contributed by atoms with Crippen LogP contribution in [0.15, 0.2) is 0 Å². The Morgan fingerprint density at radius 3 is 2.61 bits per heavy atom. The van der Waals surface area contributed by atoms with E-state index in [2.05, 4.69) is 41.5 Å². The number of nitrogens with one attached hydrogen (secondary N) is 1. The maximum absolute atomic E-state index is 10.8. The van der Waals surface area contributed by atoms with Gasteiger partial charge in [0.05, 0.1) is 6.61 Å². The summed E-state index contributed by atoms with van der Waals surface area (Å²) in [4.78, 5) is 0. The van der Waals surface area contributed by atoms with Crippen molar-refractivity contribution in [3.05, 3.63) is 0 Å². The number of fused-ring (bicyclic) bond motifs is 2. The van der Waals surface area contributed by atoms with E-state index < -0.39 is 9.05 Å². The number of hydrogen-bond acceptors (Lipinski definition) is 4. The average molecular weight is 293 g/mol. The highest BCUT2D eigenvalue weighted by atomic mass is 32.9. The second-order valence-corrected chi connectivity index (χ2v) is 8.72. The van der Waals surface area contributed by atoms with Crippen LogP contribution in [-0.2, 0) is 24.4 Å². The molecule has 6 heteroatoms. The Kier molecular flexibility index (Phi) is 3.80. The molecule has 2 bridgehead atoms. The average Bonchev–Trinajstić information content (AvgIpc) is 2.55. The molecular weight excluding hydrogens is 270 g/mol. The maximum atomic E-state index is 10.8. The molecule has 4 nitrogen and oxygen atoms in total. The van der Waals surface area contributed by atoms with Crippen LogP contribution in [0.4, 0.5) is 0 Å². The minimum atomic E-state index is -3.47. The number of rotatable bonds is 5. The smallest absolute Gasteiger partial charge is 0.266 e. The minimum Gasteiger partial charge on any atom is -0.311 e. The fourth-order valence-corrected chi connectivity index (χ4v) is 4.39. The van der Waals surface area contributed by atoms with Crippen LogP contribution in [0.5, 0.6) is 0 Å². The standard InChI is InChI=1S/C12H23NO3S2/c1-11(2)9-4-5-12(11,3)10(8-9)13-6-7-16-18(14,15)17/h9-10,13H,4-8H2,1-3H3,(H,14,15,17)/t9?,10-,12?/m0/s1. The van der Waals surface area contributed by atoms with Gasteiger partial charge in [0.2, 0.25) is 0 Å². The first-order valence-electron chi connectivity index (χ1n) is 6.52. The first-order chi connectivity index (χ1) is 8.17. The van der Waals surface area contributed by atoms with Gasteiger partial charge in [0.25, 0.3) is 9.05 Å². The maximum Gasteiger partial charge on any atom is 0.266 e. The van der Waals surface area contributed by atoms with Crippen LogP contribution in [0.3, 0.4) is 0 Å². The van der Waals surface area contributed by atoms with Crippen LogP contribution in [0.2, 0.25) is 0 Å². The van der Waals surface area contributed by atoms with E-state index in [0.29, 0.717) is 23.4 Å². The Hall–Kier alpha value is 0.250. The SMILES string of the molecule is CC1(C)C2CCC1(C)[C@@H](NCCOS(=O)(O)=S)C2. The quantitative estimate of drug-likeness (QED) is 0.759. The molecule has 0 radical (unpaired) electrons. The third-order valence-corrected chi connectivity index (χ3v) is 6.27. The lowest BCUT2D eigenvalue weighted by Gasteiger charge is -2.39. The van der Waals surface area contributed by atoms with Gasteiger partial charge in [-0.15, -0.1) is 0 Å². The zero-order valence-electron chi connectivity index (χ0n) is 11.3. The van der Waals surface area contributed by atoms with Crippen molar-refractivity contribution >= 4 is 20.2 Å². The molecule has 2 fully saturated rings. The molecule has 106 valence electrons. The topological polar surface area (TPSA) is 58.6 Å². The normalized spacial score (nSPS) is 40.9. The van der Waals surface area contributed by atoms with Gasteiger partial charge in [-0.3, -0.25) is 8.74 Å². The third-order valence-electron chi connectivity index (χ3n) is 5.52. The molecule has 0 saturated heterocycles. The largest absolute Gasteiger partial charge is 0.311 e. The summed E-state index contributed by atoms with van der Waals surface area (Å²) in [6, 6.07) is 0.481. The van der Waals surface area contributed by atoms with Gasteiger partial charge in [0.1, 0.15) is 0 Å². The molecule has 0 aliphatic heterocycles. The molecule has 0 aromatic heterocycles. The van der Waals surface area contributed by atoms with Crippen molar-refractivity contribution in [1.82, 2.24) is 5.32 Å². The Morgan fingerprint density at radius 2 is 2.17 bits per heavy atom. The molecule has 0 aromatic rings. The van der Waals surface area contributed by atoms with Crippen molar-refractivity contribution in [2.75, 3.05) is 13.2 Å². The van der Waals surface area contributed by atoms with Gasteiger partial charge in [-0.2, -0.15) is 4.21 Å². The van der Waals surface area contributed by atoms with Gasteiger partial charge in [0.15, 0.2) is 0 Å². The summed E-state index contributed by atoms with van der Waals surface area (Å²) in [6.07, 6.45) is 3.79. The Morgan fingerprint density at radius 1 is 1.50 bits per heavy atom. The van der Waals surface area contributed by atoms with Crippen LogP contribution in [0.1, 0.15) is 40.0 Å². The molecule has 0 amide bonds. The van der Waals surface area contributed by atoms with Gasteiger partial charge in [0, 0.05) is 23.8 Å². The van der Waals surface area contributed by atoms with Crippen LogP contribution in [0, 0.1) is 16.7 Å². The number of hydrogen-bond donors (Lipinski definition) is 2. The van der Waals surface area contributed by atoms with E-state index in [9.17, 15) is 4.21 Å². The molecule has 3 unspecified atom stereocenters. The zero-order chi connectivity index (χ0) is 13.6. The van der Waals surface area contributed by atoms with Gasteiger partial charge in [-0.25, -0.2) is 0 Å². The highest BCUT2D eigenvalue weighted by molar-refractivity contribution is 8.27. The molecule has 2 N–H and O–H groups in total. The molecule has 2 aliphatic carbocycles. The molecule has 2 rings (SSSR count). The lowest BCUT2D eigenvalue weighted by molar-refractivity contribution is 0.119. The second kappa shape index (κ2) is 4.66. The summed E-state index contributed by atoms with van der Waals surface area (Å²) in [5, 5.41) is 3.47. The van der Waals surface area contributed by atoms with Crippen molar-refractivity contribution in [2.45, 2.75) is 46.1 Å². The van der Waals surface area contributed by atoms with Crippen molar-refractivity contribution in [1.29, 1.82) is 0 Å². The van der Waals surface area contributed by atoms with Crippen molar-refractivity contribution in [3.63, 3.8) is 0 Å². The summed E-state index contributed by atoms with van der Waals surface area (Å²) < 4.78 is 24.3. The van der Waals surface area contributed by atoms with E-state index in [-0.39, 0.29) is 6.61 Å². The van der Waals surface area contributed by atoms with Crippen LogP contribution < -0.4 is 5.32 Å². The monoisotopic (exact) mass is 293 g/mol. The summed E-state index contributed by atoms with van der Waals surface area (Å²) in [5.41, 5.74) is 0.709. The summed E-state index contributed by atoms with van der Waals surface area (Å²) >= 11 is 4.28. The molecular formula is C12H23NO3S2. The molecule has 4 atom stereocenters. The van der Waals surface area contributed by atoms with E-state index in [1.807, 2.05) is 0 Å². The zero-order valence-corrected chi connectivity index (χ0v) is 12.9. The molecule has 0 spiro atoms. The summed E-state index contributed by atoms with van der Waals surface area (Å²) in [6.45, 7) is 7.87. The van der Waals surface area contributed by atoms with Crippen LogP contribution in [0.25, 0.3) is 0 Å². The van der Waals surface area contributed by atoms with E-state index >= 15 is 0 Å². The van der Waals surface area contributed by atoms with Gasteiger partial charge in [-0.1, -0.05) is 20.8 Å². The van der Waals surface area contributed by atoms with E-state index in [4.69, 9.17) is 4.55 Å². The van der Waals surface area contributed by atoms with Crippen molar-refractivity contribution in [3.8, 4) is 0 Å². The lowest BCUT2D eigenvalue weighted by Crippen LogP contribution is -2.45. The molecule has 18 heavy (non-hydrogen) atoms. The summed E-state index contributed by atoms with van der Waals surface area (Å²) in [5.74, 6) is 0.793. The lowest BCUT2D eigenvalue weighted by atomic mass is 9.69. The van der Waals surface area contributed by atoms with Gasteiger partial charge < -0.3 is 5.32 Å². The van der Waals surface area contributed by atoms with Crippen molar-refractivity contribution < 1.29 is 12.9 Å². The Labute approximate surface area is 115 Å². The highest BCUT2D eigenvalue weighted by Crippen LogP contribution is 2.65. The molecule has 0 aromatic carbocycles. The molecule has 0 heterocycles. The first-order valence-corrected chi connectivity index (χ1v) is 8.88. The van der Waals surface area contributed by atoms with Gasteiger partial charge in [-0.05, 0) is 36.0 Å². The first kappa shape index (κ1) is 14.7. The fraction of sp³-hybridized carbons (Fsp3) is 1.00. The predicted molar refractivity (Wildman–Crippen MR) is 75.1 cm³/mol. The molecule has 2 aliphatic rings. The third kappa shape index (κ3) is 2.45. The van der Waals surface area contributed by atoms with Gasteiger partial charge >= 0.3 is 0 Å². The van der Waals surface area contributed by atoms with Crippen LogP contribution >= 0.6 is 0 Å². The summed E-state index contributed by atoms with van der Waals surface area (Å²) in [7, 11) is -3.47. The fourth-order valence-electron chi connectivity index (χ4n) is 3.89. The minimum absolute atomic E-state index is 0.191. The Balaban J connectivity index is 1.86. The van der Waals surface area contributed by atoms with E-state index in [0.717, 1.165) is 5.92 Å². The van der Waals surface area contributed by atoms with Crippen molar-refractivity contribution in [2.24, 2.45) is 16.7 Å². The molecule has 2 saturated carbocycles. The van der Waals surface area contributed by atoms with Crippen LogP contribution in [-0.4, -0.2) is 28.0 Å². The second-order valence-electron chi connectivity index (χ2n) is 6.37. The Bertz CT molecular complexity index is 421. The highest BCUT2D eigenvalue weighted by Gasteiger charge is 2.60. The van der Waals surface area contributed by atoms with E-state index in [1.165, 1.54) is 19.3 Å². The van der Waals surface area contributed by atoms with E-state index in [1.54, 1.807) is 0 Å².